The van der Waals surface area contributed by atoms with Crippen LogP contribution in [0.25, 0.3) is 0 Å². The Morgan fingerprint density at radius 2 is 2.12 bits per heavy atom. The minimum atomic E-state index is -0.882. The molecule has 1 rings (SSSR count). The lowest BCUT2D eigenvalue weighted by Crippen LogP contribution is -2.67. The van der Waals surface area contributed by atoms with Gasteiger partial charge in [0.25, 0.3) is 0 Å². The van der Waals surface area contributed by atoms with E-state index in [2.05, 4.69) is 5.32 Å². The number of hydrogen-bond donors (Lipinski definition) is 2. The van der Waals surface area contributed by atoms with Crippen molar-refractivity contribution in [2.24, 2.45) is 11.7 Å². The summed E-state index contributed by atoms with van der Waals surface area (Å²) in [7, 11) is 1.33. The lowest BCUT2D eigenvalue weighted by molar-refractivity contribution is -0.156. The summed E-state index contributed by atoms with van der Waals surface area (Å²) in [6.45, 7) is 3.89. The van der Waals surface area contributed by atoms with Crippen molar-refractivity contribution >= 4 is 11.9 Å². The summed E-state index contributed by atoms with van der Waals surface area (Å²) in [5.41, 5.74) is 4.82. The quantitative estimate of drug-likeness (QED) is 0.691. The first-order valence-corrected chi connectivity index (χ1v) is 6.11. The van der Waals surface area contributed by atoms with Crippen LogP contribution in [0, 0.1) is 5.92 Å². The van der Waals surface area contributed by atoms with E-state index in [1.54, 1.807) is 0 Å². The Balaban J connectivity index is 2.62. The molecule has 1 amide bonds. The fourth-order valence-electron chi connectivity index (χ4n) is 2.27. The summed E-state index contributed by atoms with van der Waals surface area (Å²) >= 11 is 0. The van der Waals surface area contributed by atoms with E-state index >= 15 is 0 Å². The second kappa shape index (κ2) is 5.49. The topological polar surface area (TPSA) is 81.4 Å². The van der Waals surface area contributed by atoms with Crippen molar-refractivity contribution in [1.29, 1.82) is 0 Å². The van der Waals surface area contributed by atoms with Crippen LogP contribution >= 0.6 is 0 Å². The molecule has 1 saturated carbocycles. The zero-order valence-corrected chi connectivity index (χ0v) is 10.8. The molecule has 0 aromatic carbocycles. The summed E-state index contributed by atoms with van der Waals surface area (Å²) in [6.07, 6.45) is 2.68. The number of rotatable bonds is 5. The Hall–Kier alpha value is -1.10. The summed E-state index contributed by atoms with van der Waals surface area (Å²) in [4.78, 5) is 23.6. The molecule has 1 atom stereocenters. The second-order valence-electron chi connectivity index (χ2n) is 4.92. The van der Waals surface area contributed by atoms with Gasteiger partial charge in [-0.25, -0.2) is 4.79 Å². The predicted octanol–water partition coefficient (Wildman–Crippen LogP) is 0.572. The molecule has 1 fully saturated rings. The molecule has 0 radical (unpaired) electrons. The van der Waals surface area contributed by atoms with Crippen molar-refractivity contribution in [3.8, 4) is 0 Å². The maximum atomic E-state index is 11.9. The van der Waals surface area contributed by atoms with Crippen LogP contribution in [0.1, 0.15) is 39.5 Å². The Morgan fingerprint density at radius 3 is 2.53 bits per heavy atom. The minimum absolute atomic E-state index is 0.0316. The third-order valence-corrected chi connectivity index (χ3v) is 3.33. The van der Waals surface area contributed by atoms with Gasteiger partial charge in [-0.15, -0.1) is 0 Å². The minimum Gasteiger partial charge on any atom is -0.467 e. The molecule has 98 valence electrons. The number of nitrogens with one attached hydrogen (secondary N) is 1. The molecular formula is C12H22N2O3. The molecule has 0 aliphatic heterocycles. The molecule has 0 saturated heterocycles. The van der Waals surface area contributed by atoms with Gasteiger partial charge in [-0.1, -0.05) is 20.3 Å². The van der Waals surface area contributed by atoms with Crippen LogP contribution < -0.4 is 11.1 Å². The van der Waals surface area contributed by atoms with Gasteiger partial charge in [0.15, 0.2) is 0 Å². The number of methoxy groups -OCH3 is 1. The van der Waals surface area contributed by atoms with Crippen LogP contribution in [0.3, 0.4) is 0 Å². The monoisotopic (exact) mass is 242 g/mol. The number of ether oxygens (including phenoxy) is 1. The molecule has 1 aliphatic carbocycles. The standard InChI is InChI=1S/C12H22N2O3/c1-4-5-8(2)10(15)14-12(11(16)17-3)6-9(13)7-12/h8-9H,4-7,13H2,1-3H3,(H,14,15). The van der Waals surface area contributed by atoms with E-state index in [9.17, 15) is 9.59 Å². The average molecular weight is 242 g/mol. The van der Waals surface area contributed by atoms with Gasteiger partial charge in [0.05, 0.1) is 7.11 Å². The first kappa shape index (κ1) is 14.0. The Bertz CT molecular complexity index is 298. The number of esters is 1. The summed E-state index contributed by atoms with van der Waals surface area (Å²) in [5, 5.41) is 2.80. The number of hydrogen-bond acceptors (Lipinski definition) is 4. The molecule has 1 aliphatic rings. The highest BCUT2D eigenvalue weighted by Gasteiger charge is 2.51. The zero-order chi connectivity index (χ0) is 13.1. The van der Waals surface area contributed by atoms with Gasteiger partial charge in [-0.2, -0.15) is 0 Å². The highest BCUT2D eigenvalue weighted by Crippen LogP contribution is 2.32. The van der Waals surface area contributed by atoms with Crippen LogP contribution in [0.5, 0.6) is 0 Å². The van der Waals surface area contributed by atoms with Crippen molar-refractivity contribution in [2.75, 3.05) is 7.11 Å². The Labute approximate surface area is 102 Å². The smallest absolute Gasteiger partial charge is 0.331 e. The average Bonchev–Trinajstić information content (AvgIpc) is 2.25. The normalized spacial score (nSPS) is 29.1. The highest BCUT2D eigenvalue weighted by molar-refractivity contribution is 5.90. The molecule has 5 heteroatoms. The molecule has 5 nitrogen and oxygen atoms in total. The van der Waals surface area contributed by atoms with Crippen LogP contribution in [0.15, 0.2) is 0 Å². The van der Waals surface area contributed by atoms with E-state index < -0.39 is 11.5 Å². The second-order valence-corrected chi connectivity index (χ2v) is 4.92. The van der Waals surface area contributed by atoms with Crippen molar-refractivity contribution in [3.05, 3.63) is 0 Å². The predicted molar refractivity (Wildman–Crippen MR) is 64.2 cm³/mol. The van der Waals surface area contributed by atoms with Crippen molar-refractivity contribution in [2.45, 2.75) is 51.1 Å². The van der Waals surface area contributed by atoms with Crippen LogP contribution in [0.2, 0.25) is 0 Å². The lowest BCUT2D eigenvalue weighted by Gasteiger charge is -2.44. The van der Waals surface area contributed by atoms with Gasteiger partial charge in [-0.05, 0) is 19.3 Å². The molecule has 0 aromatic heterocycles. The fraction of sp³-hybridized carbons (Fsp3) is 0.833. The molecular weight excluding hydrogens is 220 g/mol. The van der Waals surface area contributed by atoms with Crippen molar-refractivity contribution in [3.63, 3.8) is 0 Å². The van der Waals surface area contributed by atoms with Gasteiger partial charge in [0.2, 0.25) is 5.91 Å². The Kier molecular flexibility index (Phi) is 4.51. The third kappa shape index (κ3) is 2.97. The van der Waals surface area contributed by atoms with Gasteiger partial charge in [0, 0.05) is 12.0 Å². The van der Waals surface area contributed by atoms with Gasteiger partial charge >= 0.3 is 5.97 Å². The van der Waals surface area contributed by atoms with Crippen LogP contribution in [-0.2, 0) is 14.3 Å². The van der Waals surface area contributed by atoms with E-state index in [1.807, 2.05) is 13.8 Å². The summed E-state index contributed by atoms with van der Waals surface area (Å²) in [6, 6.07) is -0.0316. The van der Waals surface area contributed by atoms with E-state index in [0.29, 0.717) is 12.8 Å². The first-order valence-electron chi connectivity index (χ1n) is 6.11. The van der Waals surface area contributed by atoms with Gasteiger partial charge in [-0.3, -0.25) is 4.79 Å². The molecule has 3 N–H and O–H groups in total. The van der Waals surface area contributed by atoms with Gasteiger partial charge < -0.3 is 15.8 Å². The first-order chi connectivity index (χ1) is 7.95. The molecule has 0 bridgehead atoms. The van der Waals surface area contributed by atoms with E-state index in [1.165, 1.54) is 7.11 Å². The zero-order valence-electron chi connectivity index (χ0n) is 10.8. The molecule has 17 heavy (non-hydrogen) atoms. The maximum Gasteiger partial charge on any atom is 0.331 e. The van der Waals surface area contributed by atoms with Crippen LogP contribution in [0.4, 0.5) is 0 Å². The highest BCUT2D eigenvalue weighted by atomic mass is 16.5. The third-order valence-electron chi connectivity index (χ3n) is 3.33. The Morgan fingerprint density at radius 1 is 1.53 bits per heavy atom. The number of carbonyl (C=O) groups is 2. The summed E-state index contributed by atoms with van der Waals surface area (Å²) in [5.74, 6) is -0.571. The molecule has 0 spiro atoms. The number of nitrogens with two attached hydrogens (primary N) is 1. The lowest BCUT2D eigenvalue weighted by atomic mass is 9.72. The SMILES string of the molecule is CCCC(C)C(=O)NC1(C(=O)OC)CC(N)C1. The largest absolute Gasteiger partial charge is 0.467 e. The number of carbonyl (C=O) groups excluding carboxylic acids is 2. The van der Waals surface area contributed by atoms with E-state index in [4.69, 9.17) is 10.5 Å². The molecule has 0 heterocycles. The molecule has 1 unspecified atom stereocenters. The van der Waals surface area contributed by atoms with E-state index in [0.717, 1.165) is 12.8 Å². The fourth-order valence-corrected chi connectivity index (χ4v) is 2.27. The number of amides is 1. The van der Waals surface area contributed by atoms with E-state index in [-0.39, 0.29) is 17.9 Å². The van der Waals surface area contributed by atoms with Gasteiger partial charge in [0.1, 0.15) is 5.54 Å². The molecule has 0 aromatic rings. The van der Waals surface area contributed by atoms with Crippen molar-refractivity contribution in [1.82, 2.24) is 5.32 Å². The summed E-state index contributed by atoms with van der Waals surface area (Å²) < 4.78 is 4.74. The van der Waals surface area contributed by atoms with Crippen LogP contribution in [-0.4, -0.2) is 30.6 Å². The maximum absolute atomic E-state index is 11.9. The van der Waals surface area contributed by atoms with Crippen molar-refractivity contribution < 1.29 is 14.3 Å².